The maximum Gasteiger partial charge on any atom is 0.164 e. The average molecular weight is 750 g/mol. The van der Waals surface area contributed by atoms with E-state index in [-0.39, 0.29) is 0 Å². The lowest BCUT2D eigenvalue weighted by atomic mass is 9.95. The Morgan fingerprint density at radius 2 is 0.732 bits per heavy atom. The largest absolute Gasteiger partial charge is 0.208 e. The SMILES string of the molecule is c1ccc(-c2ccc(-c3nc(-c4ccccc4)nc(-c4ccc5c(c4)sc4cc(-c6cc(-c7ccccc7)c7sc8ccccc8c7c6)ccc45)n3)cc2)cc1. The van der Waals surface area contributed by atoms with Crippen LogP contribution in [0.5, 0.6) is 0 Å². The smallest absolute Gasteiger partial charge is 0.164 e. The molecule has 3 nitrogen and oxygen atoms in total. The maximum atomic E-state index is 5.07. The molecule has 11 rings (SSSR count). The van der Waals surface area contributed by atoms with Crippen molar-refractivity contribution in [1.29, 1.82) is 0 Å². The summed E-state index contributed by atoms with van der Waals surface area (Å²) in [5, 5.41) is 5.11. The van der Waals surface area contributed by atoms with E-state index in [0.717, 1.165) is 22.3 Å². The van der Waals surface area contributed by atoms with Crippen LogP contribution in [0.2, 0.25) is 0 Å². The van der Waals surface area contributed by atoms with E-state index in [2.05, 4.69) is 164 Å². The van der Waals surface area contributed by atoms with Crippen LogP contribution in [-0.4, -0.2) is 15.0 Å². The van der Waals surface area contributed by atoms with Gasteiger partial charge in [0.15, 0.2) is 17.5 Å². The van der Waals surface area contributed by atoms with Crippen LogP contribution in [0.3, 0.4) is 0 Å². The van der Waals surface area contributed by atoms with Crippen molar-refractivity contribution in [3.8, 4) is 67.5 Å². The third kappa shape index (κ3) is 5.77. The molecule has 5 heteroatoms. The lowest BCUT2D eigenvalue weighted by Crippen LogP contribution is -2.00. The molecular weight excluding hydrogens is 719 g/mol. The molecule has 0 aliphatic rings. The number of benzene rings is 8. The van der Waals surface area contributed by atoms with Gasteiger partial charge in [-0.05, 0) is 58.1 Å². The molecule has 3 heterocycles. The molecule has 0 saturated heterocycles. The fraction of sp³-hybridized carbons (Fsp3) is 0. The van der Waals surface area contributed by atoms with Gasteiger partial charge in [-0.25, -0.2) is 15.0 Å². The highest BCUT2D eigenvalue weighted by Gasteiger charge is 2.17. The maximum absolute atomic E-state index is 5.07. The molecule has 0 N–H and O–H groups in total. The lowest BCUT2D eigenvalue weighted by Gasteiger charge is -2.09. The van der Waals surface area contributed by atoms with Crippen LogP contribution in [-0.2, 0) is 0 Å². The number of hydrogen-bond donors (Lipinski definition) is 0. The second-order valence-corrected chi connectivity index (χ2v) is 16.1. The molecule has 0 fully saturated rings. The van der Waals surface area contributed by atoms with E-state index < -0.39 is 0 Å². The molecule has 0 spiro atoms. The zero-order chi connectivity index (χ0) is 37.0. The van der Waals surface area contributed by atoms with Crippen molar-refractivity contribution in [2.45, 2.75) is 0 Å². The minimum absolute atomic E-state index is 0.653. The van der Waals surface area contributed by atoms with E-state index in [1.54, 1.807) is 0 Å². The summed E-state index contributed by atoms with van der Waals surface area (Å²) in [4.78, 5) is 15.1. The number of aromatic nitrogens is 3. The number of hydrogen-bond acceptors (Lipinski definition) is 5. The van der Waals surface area contributed by atoms with Crippen LogP contribution in [0, 0.1) is 0 Å². The fourth-order valence-corrected chi connectivity index (χ4v) is 10.1. The Kier molecular flexibility index (Phi) is 7.87. The van der Waals surface area contributed by atoms with Gasteiger partial charge in [-0.3, -0.25) is 0 Å². The molecule has 0 saturated carbocycles. The highest BCUT2D eigenvalue weighted by Crippen LogP contribution is 2.44. The molecule has 0 bridgehead atoms. The molecule has 0 amide bonds. The number of rotatable bonds is 6. The molecule has 262 valence electrons. The topological polar surface area (TPSA) is 38.7 Å². The van der Waals surface area contributed by atoms with Crippen molar-refractivity contribution >= 4 is 63.0 Å². The average Bonchev–Trinajstić information content (AvgIpc) is 3.84. The number of fused-ring (bicyclic) bond motifs is 6. The van der Waals surface area contributed by atoms with Gasteiger partial charge in [0, 0.05) is 62.6 Å². The van der Waals surface area contributed by atoms with Gasteiger partial charge < -0.3 is 0 Å². The fourth-order valence-electron chi connectivity index (χ4n) is 7.71. The Balaban J connectivity index is 1.01. The monoisotopic (exact) mass is 749 g/mol. The summed E-state index contributed by atoms with van der Waals surface area (Å²) in [7, 11) is 0. The summed E-state index contributed by atoms with van der Waals surface area (Å²) >= 11 is 3.70. The van der Waals surface area contributed by atoms with Crippen LogP contribution in [0.15, 0.2) is 188 Å². The van der Waals surface area contributed by atoms with Gasteiger partial charge in [0.1, 0.15) is 0 Å². The van der Waals surface area contributed by atoms with E-state index >= 15 is 0 Å². The molecule has 0 atom stereocenters. The Labute approximate surface area is 331 Å². The summed E-state index contributed by atoms with van der Waals surface area (Å²) < 4.78 is 5.10. The van der Waals surface area contributed by atoms with Crippen molar-refractivity contribution in [3.63, 3.8) is 0 Å². The number of nitrogens with zero attached hydrogens (tertiary/aromatic N) is 3. The molecule has 0 aliphatic carbocycles. The van der Waals surface area contributed by atoms with E-state index in [1.807, 2.05) is 46.9 Å². The summed E-state index contributed by atoms with van der Waals surface area (Å²) in [6.45, 7) is 0. The molecule has 0 unspecified atom stereocenters. The first-order chi connectivity index (χ1) is 27.7. The van der Waals surface area contributed by atoms with Crippen molar-refractivity contribution in [3.05, 3.63) is 188 Å². The van der Waals surface area contributed by atoms with Crippen LogP contribution in [0.25, 0.3) is 108 Å². The summed E-state index contributed by atoms with van der Waals surface area (Å²) in [6.07, 6.45) is 0. The zero-order valence-electron chi connectivity index (χ0n) is 30.1. The van der Waals surface area contributed by atoms with Crippen LogP contribution in [0.4, 0.5) is 0 Å². The quantitative estimate of drug-likeness (QED) is 0.170. The van der Waals surface area contributed by atoms with E-state index in [1.165, 1.54) is 68.2 Å². The van der Waals surface area contributed by atoms with Crippen molar-refractivity contribution < 1.29 is 0 Å². The second kappa shape index (κ2) is 13.5. The molecule has 56 heavy (non-hydrogen) atoms. The summed E-state index contributed by atoms with van der Waals surface area (Å²) in [5.41, 5.74) is 10.2. The second-order valence-electron chi connectivity index (χ2n) is 14.0. The molecule has 8 aromatic carbocycles. The van der Waals surface area contributed by atoms with Crippen LogP contribution < -0.4 is 0 Å². The van der Waals surface area contributed by atoms with Gasteiger partial charge in [-0.1, -0.05) is 158 Å². The Morgan fingerprint density at radius 3 is 1.41 bits per heavy atom. The standard InChI is InChI=1S/C51H31N3S2/c1-4-12-32(13-5-1)33-20-22-36(23-21-33)50-52-49(35-16-8-3-9-17-35)53-51(54-50)38-25-27-42-41-26-24-37(30-46(41)55-47(42)31-38)39-28-43(34-14-6-2-7-15-34)48-44(29-39)40-18-10-11-19-45(40)56-48/h1-31H. The molecule has 0 radical (unpaired) electrons. The van der Waals surface area contributed by atoms with E-state index in [4.69, 9.17) is 15.0 Å². The normalized spacial score (nSPS) is 11.6. The highest BCUT2D eigenvalue weighted by molar-refractivity contribution is 7.26. The first kappa shape index (κ1) is 32.6. The predicted octanol–water partition coefficient (Wildman–Crippen LogP) is 14.6. The van der Waals surface area contributed by atoms with E-state index in [0.29, 0.717) is 17.5 Å². The lowest BCUT2D eigenvalue weighted by molar-refractivity contribution is 1.07. The first-order valence-electron chi connectivity index (χ1n) is 18.7. The van der Waals surface area contributed by atoms with Crippen molar-refractivity contribution in [2.75, 3.05) is 0 Å². The van der Waals surface area contributed by atoms with Gasteiger partial charge in [-0.15, -0.1) is 22.7 Å². The Hall–Kier alpha value is -6.79. The third-order valence-corrected chi connectivity index (χ3v) is 12.9. The van der Waals surface area contributed by atoms with Gasteiger partial charge in [-0.2, -0.15) is 0 Å². The van der Waals surface area contributed by atoms with Gasteiger partial charge in [0.05, 0.1) is 0 Å². The summed E-state index contributed by atoms with van der Waals surface area (Å²) in [6, 6.07) is 66.9. The molecule has 11 aromatic rings. The molecule has 0 aliphatic heterocycles. The Bertz CT molecular complexity index is 3220. The van der Waals surface area contributed by atoms with Crippen molar-refractivity contribution in [1.82, 2.24) is 15.0 Å². The highest BCUT2D eigenvalue weighted by atomic mass is 32.1. The van der Waals surface area contributed by atoms with Crippen LogP contribution in [0.1, 0.15) is 0 Å². The third-order valence-electron chi connectivity index (χ3n) is 10.5. The van der Waals surface area contributed by atoms with Gasteiger partial charge in [0.2, 0.25) is 0 Å². The zero-order valence-corrected chi connectivity index (χ0v) is 31.7. The molecule has 3 aromatic heterocycles. The van der Waals surface area contributed by atoms with Crippen molar-refractivity contribution in [2.24, 2.45) is 0 Å². The van der Waals surface area contributed by atoms with Gasteiger partial charge in [0.25, 0.3) is 0 Å². The number of thiophene rings is 2. The van der Waals surface area contributed by atoms with Gasteiger partial charge >= 0.3 is 0 Å². The molecular formula is C51H31N3S2. The minimum atomic E-state index is 0.653. The van der Waals surface area contributed by atoms with Crippen LogP contribution >= 0.6 is 22.7 Å². The first-order valence-corrected chi connectivity index (χ1v) is 20.3. The van der Waals surface area contributed by atoms with E-state index in [9.17, 15) is 0 Å². The predicted molar refractivity (Wildman–Crippen MR) is 238 cm³/mol. The Morgan fingerprint density at radius 1 is 0.268 bits per heavy atom. The summed E-state index contributed by atoms with van der Waals surface area (Å²) in [5.74, 6) is 1.97. The minimum Gasteiger partial charge on any atom is -0.208 e.